The summed E-state index contributed by atoms with van der Waals surface area (Å²) in [7, 11) is 0. The van der Waals surface area contributed by atoms with Crippen molar-refractivity contribution in [2.75, 3.05) is 0 Å². The molecule has 0 unspecified atom stereocenters. The molecule has 0 fully saturated rings. The minimum Gasteiger partial charge on any atom is -0.152 e. The lowest BCUT2D eigenvalue weighted by Gasteiger charge is -1.80. The molecular formula is C7H7S. The minimum atomic E-state index is 1.24. The molecule has 1 heterocycles. The molecule has 0 aliphatic rings. The molecule has 1 aromatic heterocycles. The summed E-state index contributed by atoms with van der Waals surface area (Å²) >= 11 is 1.70. The standard InChI is InChI=1S/C7H7S/c1-2-3-7-4-5-8-6-7/h2-6H,1H2. The number of hydrogen-bond acceptors (Lipinski definition) is 1. The SMILES string of the molecule is C=C[CH]c1ccsc1. The first-order valence-electron chi connectivity index (χ1n) is 2.41. The van der Waals surface area contributed by atoms with Gasteiger partial charge in [0.05, 0.1) is 0 Å². The van der Waals surface area contributed by atoms with Gasteiger partial charge in [0.1, 0.15) is 0 Å². The second kappa shape index (κ2) is 2.68. The van der Waals surface area contributed by atoms with Gasteiger partial charge in [-0.2, -0.15) is 11.3 Å². The Hall–Kier alpha value is -0.560. The highest BCUT2D eigenvalue weighted by molar-refractivity contribution is 7.08. The predicted molar refractivity (Wildman–Crippen MR) is 37.9 cm³/mol. The Morgan fingerprint density at radius 3 is 3.00 bits per heavy atom. The van der Waals surface area contributed by atoms with Gasteiger partial charge in [0.2, 0.25) is 0 Å². The largest absolute Gasteiger partial charge is 0.152 e. The van der Waals surface area contributed by atoms with E-state index in [9.17, 15) is 0 Å². The zero-order valence-electron chi connectivity index (χ0n) is 4.50. The smallest absolute Gasteiger partial charge is 0.0127 e. The van der Waals surface area contributed by atoms with Crippen LogP contribution in [0, 0.1) is 6.42 Å². The molecule has 0 spiro atoms. The van der Waals surface area contributed by atoms with E-state index in [1.165, 1.54) is 5.56 Å². The van der Waals surface area contributed by atoms with E-state index in [-0.39, 0.29) is 0 Å². The van der Waals surface area contributed by atoms with Gasteiger partial charge in [0, 0.05) is 6.42 Å². The molecular weight excluding hydrogens is 116 g/mol. The van der Waals surface area contributed by atoms with Crippen LogP contribution in [-0.4, -0.2) is 0 Å². The third-order valence-electron chi connectivity index (χ3n) is 0.853. The lowest BCUT2D eigenvalue weighted by molar-refractivity contribution is 1.62. The summed E-state index contributed by atoms with van der Waals surface area (Å²) in [6.07, 6.45) is 3.78. The molecule has 1 heteroatoms. The van der Waals surface area contributed by atoms with Crippen LogP contribution in [-0.2, 0) is 0 Å². The molecule has 0 saturated carbocycles. The van der Waals surface area contributed by atoms with E-state index >= 15 is 0 Å². The Labute approximate surface area is 53.5 Å². The number of hydrogen-bond donors (Lipinski definition) is 0. The fourth-order valence-corrected chi connectivity index (χ4v) is 1.13. The van der Waals surface area contributed by atoms with Gasteiger partial charge in [-0.1, -0.05) is 6.08 Å². The number of rotatable bonds is 2. The highest BCUT2D eigenvalue weighted by atomic mass is 32.1. The van der Waals surface area contributed by atoms with Crippen LogP contribution in [0.1, 0.15) is 5.56 Å². The Morgan fingerprint density at radius 1 is 1.62 bits per heavy atom. The molecule has 0 atom stereocenters. The van der Waals surface area contributed by atoms with Crippen molar-refractivity contribution in [3.63, 3.8) is 0 Å². The quantitative estimate of drug-likeness (QED) is 0.566. The third-order valence-corrected chi connectivity index (χ3v) is 1.55. The molecule has 1 aromatic rings. The second-order valence-electron chi connectivity index (χ2n) is 1.46. The molecule has 1 radical (unpaired) electrons. The Kier molecular flexibility index (Phi) is 1.86. The van der Waals surface area contributed by atoms with Crippen molar-refractivity contribution in [2.45, 2.75) is 0 Å². The van der Waals surface area contributed by atoms with Gasteiger partial charge < -0.3 is 0 Å². The van der Waals surface area contributed by atoms with E-state index in [1.54, 1.807) is 17.4 Å². The zero-order valence-corrected chi connectivity index (χ0v) is 5.32. The number of allylic oxidation sites excluding steroid dienone is 1. The van der Waals surface area contributed by atoms with E-state index < -0.39 is 0 Å². The average Bonchev–Trinajstić information content (AvgIpc) is 2.19. The fraction of sp³-hybridized carbons (Fsp3) is 0. The molecule has 0 nitrogen and oxygen atoms in total. The van der Waals surface area contributed by atoms with Crippen molar-refractivity contribution in [3.8, 4) is 0 Å². The highest BCUT2D eigenvalue weighted by Crippen LogP contribution is 2.07. The molecule has 8 heavy (non-hydrogen) atoms. The summed E-state index contributed by atoms with van der Waals surface area (Å²) in [4.78, 5) is 0. The van der Waals surface area contributed by atoms with Gasteiger partial charge >= 0.3 is 0 Å². The van der Waals surface area contributed by atoms with Crippen LogP contribution >= 0.6 is 11.3 Å². The second-order valence-corrected chi connectivity index (χ2v) is 2.24. The molecule has 0 saturated heterocycles. The molecule has 41 valence electrons. The molecule has 0 aliphatic carbocycles. The van der Waals surface area contributed by atoms with Gasteiger partial charge in [0.25, 0.3) is 0 Å². The van der Waals surface area contributed by atoms with Crippen molar-refractivity contribution in [2.24, 2.45) is 0 Å². The summed E-state index contributed by atoms with van der Waals surface area (Å²) in [6, 6.07) is 2.06. The van der Waals surface area contributed by atoms with E-state index in [1.807, 2.05) is 6.42 Å². The molecule has 0 aromatic carbocycles. The maximum absolute atomic E-state index is 3.58. The van der Waals surface area contributed by atoms with Gasteiger partial charge in [-0.3, -0.25) is 0 Å². The fourth-order valence-electron chi connectivity index (χ4n) is 0.506. The highest BCUT2D eigenvalue weighted by Gasteiger charge is 1.84. The van der Waals surface area contributed by atoms with Crippen molar-refractivity contribution in [1.82, 2.24) is 0 Å². The van der Waals surface area contributed by atoms with E-state index in [2.05, 4.69) is 23.4 Å². The number of thiophene rings is 1. The summed E-state index contributed by atoms with van der Waals surface area (Å²) in [6.45, 7) is 3.58. The maximum Gasteiger partial charge on any atom is 0.0127 e. The molecule has 0 amide bonds. The zero-order chi connectivity index (χ0) is 5.82. The van der Waals surface area contributed by atoms with Crippen LogP contribution in [0.3, 0.4) is 0 Å². The van der Waals surface area contributed by atoms with Crippen molar-refractivity contribution in [3.05, 3.63) is 41.5 Å². The molecule has 0 bridgehead atoms. The van der Waals surface area contributed by atoms with Crippen molar-refractivity contribution in [1.29, 1.82) is 0 Å². The lowest BCUT2D eigenvalue weighted by atomic mass is 10.2. The minimum absolute atomic E-state index is 1.24. The van der Waals surface area contributed by atoms with Crippen LogP contribution in [0.25, 0.3) is 0 Å². The lowest BCUT2D eigenvalue weighted by Crippen LogP contribution is -1.65. The van der Waals surface area contributed by atoms with Crippen LogP contribution in [0.15, 0.2) is 29.5 Å². The van der Waals surface area contributed by atoms with Gasteiger partial charge in [-0.15, -0.1) is 6.58 Å². The van der Waals surface area contributed by atoms with Crippen LogP contribution in [0.4, 0.5) is 0 Å². The Balaban J connectivity index is 2.62. The monoisotopic (exact) mass is 123 g/mol. The molecule has 0 aliphatic heterocycles. The topological polar surface area (TPSA) is 0 Å². The summed E-state index contributed by atoms with van der Waals surface area (Å²) in [5.74, 6) is 0. The summed E-state index contributed by atoms with van der Waals surface area (Å²) in [5.41, 5.74) is 1.24. The van der Waals surface area contributed by atoms with E-state index in [4.69, 9.17) is 0 Å². The normalized spacial score (nSPS) is 9.00. The van der Waals surface area contributed by atoms with Crippen LogP contribution in [0.5, 0.6) is 0 Å². The first-order chi connectivity index (χ1) is 3.93. The van der Waals surface area contributed by atoms with E-state index in [0.29, 0.717) is 0 Å². The van der Waals surface area contributed by atoms with Crippen LogP contribution in [0.2, 0.25) is 0 Å². The average molecular weight is 123 g/mol. The first-order valence-corrected chi connectivity index (χ1v) is 3.36. The van der Waals surface area contributed by atoms with Gasteiger partial charge in [0.15, 0.2) is 0 Å². The third kappa shape index (κ3) is 1.20. The molecule has 0 N–H and O–H groups in total. The van der Waals surface area contributed by atoms with Gasteiger partial charge in [-0.05, 0) is 22.4 Å². The van der Waals surface area contributed by atoms with E-state index in [0.717, 1.165) is 0 Å². The summed E-state index contributed by atoms with van der Waals surface area (Å²) < 4.78 is 0. The van der Waals surface area contributed by atoms with Gasteiger partial charge in [-0.25, -0.2) is 0 Å². The summed E-state index contributed by atoms with van der Waals surface area (Å²) in [5, 5.41) is 4.14. The Morgan fingerprint density at radius 2 is 2.50 bits per heavy atom. The Bertz CT molecular complexity index is 151. The molecule has 1 rings (SSSR count). The van der Waals surface area contributed by atoms with Crippen molar-refractivity contribution >= 4 is 11.3 Å². The predicted octanol–water partition coefficient (Wildman–Crippen LogP) is 2.49. The van der Waals surface area contributed by atoms with Crippen LogP contribution < -0.4 is 0 Å². The van der Waals surface area contributed by atoms with Crippen molar-refractivity contribution < 1.29 is 0 Å². The first kappa shape index (κ1) is 5.57. The maximum atomic E-state index is 3.58.